The van der Waals surface area contributed by atoms with Gasteiger partial charge in [0.2, 0.25) is 0 Å². The van der Waals surface area contributed by atoms with E-state index in [9.17, 15) is 0 Å². The highest BCUT2D eigenvalue weighted by molar-refractivity contribution is 7.80. The van der Waals surface area contributed by atoms with Crippen molar-refractivity contribution in [2.75, 3.05) is 5.32 Å². The molecule has 1 aromatic rings. The molecule has 1 unspecified atom stereocenters. The molecule has 0 amide bonds. The van der Waals surface area contributed by atoms with Crippen LogP contribution in [0.15, 0.2) is 24.3 Å². The zero-order chi connectivity index (χ0) is 9.26. The van der Waals surface area contributed by atoms with Gasteiger partial charge in [0.1, 0.15) is 11.9 Å². The fourth-order valence-electron chi connectivity index (χ4n) is 1.39. The van der Waals surface area contributed by atoms with E-state index in [1.807, 2.05) is 31.2 Å². The Morgan fingerprint density at radius 3 is 3.08 bits per heavy atom. The van der Waals surface area contributed by atoms with Crippen LogP contribution in [0.3, 0.4) is 0 Å². The summed E-state index contributed by atoms with van der Waals surface area (Å²) in [6, 6.07) is 7.85. The highest BCUT2D eigenvalue weighted by Gasteiger charge is 2.15. The van der Waals surface area contributed by atoms with Gasteiger partial charge in [0.05, 0.1) is 10.7 Å². The van der Waals surface area contributed by atoms with Gasteiger partial charge in [-0.3, -0.25) is 0 Å². The van der Waals surface area contributed by atoms with Crippen molar-refractivity contribution in [2.24, 2.45) is 0 Å². The molecule has 1 aliphatic rings. The first-order valence-corrected chi connectivity index (χ1v) is 4.72. The standard InChI is InChI=1S/C10H11NOS/c1-7-6-10(13)11-8-4-2-3-5-9(8)12-7/h2-5,7H,6H2,1H3,(H,11,13). The van der Waals surface area contributed by atoms with E-state index in [-0.39, 0.29) is 6.10 Å². The second kappa shape index (κ2) is 3.34. The summed E-state index contributed by atoms with van der Waals surface area (Å²) in [5.41, 5.74) is 0.969. The van der Waals surface area contributed by atoms with Gasteiger partial charge >= 0.3 is 0 Å². The van der Waals surface area contributed by atoms with Gasteiger partial charge in [-0.25, -0.2) is 0 Å². The molecule has 0 saturated carbocycles. The van der Waals surface area contributed by atoms with Gasteiger partial charge in [-0.1, -0.05) is 24.4 Å². The average Bonchev–Trinajstić information content (AvgIpc) is 2.20. The number of hydrogen-bond donors (Lipinski definition) is 1. The number of ether oxygens (including phenoxy) is 1. The molecule has 1 heterocycles. The van der Waals surface area contributed by atoms with Crippen molar-refractivity contribution >= 4 is 22.9 Å². The van der Waals surface area contributed by atoms with Gasteiger partial charge in [0.15, 0.2) is 0 Å². The molecular weight excluding hydrogens is 182 g/mol. The van der Waals surface area contributed by atoms with Crippen molar-refractivity contribution in [3.63, 3.8) is 0 Å². The van der Waals surface area contributed by atoms with Crippen LogP contribution < -0.4 is 10.1 Å². The SMILES string of the molecule is CC1CC(=S)Nc2ccccc2O1. The maximum absolute atomic E-state index is 5.68. The van der Waals surface area contributed by atoms with E-state index in [4.69, 9.17) is 17.0 Å². The maximum Gasteiger partial charge on any atom is 0.143 e. The minimum absolute atomic E-state index is 0.156. The summed E-state index contributed by atoms with van der Waals surface area (Å²) in [6.45, 7) is 2.02. The largest absolute Gasteiger partial charge is 0.488 e. The molecule has 0 spiro atoms. The first-order valence-electron chi connectivity index (χ1n) is 4.31. The van der Waals surface area contributed by atoms with Gasteiger partial charge in [0.25, 0.3) is 0 Å². The predicted molar refractivity (Wildman–Crippen MR) is 57.4 cm³/mol. The predicted octanol–water partition coefficient (Wildman–Crippen LogP) is 2.60. The number of hydrogen-bond acceptors (Lipinski definition) is 2. The van der Waals surface area contributed by atoms with Crippen molar-refractivity contribution in [2.45, 2.75) is 19.4 Å². The summed E-state index contributed by atoms with van der Waals surface area (Å²) in [5.74, 6) is 0.884. The van der Waals surface area contributed by atoms with E-state index in [1.54, 1.807) is 0 Å². The van der Waals surface area contributed by atoms with E-state index in [0.29, 0.717) is 0 Å². The van der Waals surface area contributed by atoms with E-state index in [2.05, 4.69) is 5.32 Å². The van der Waals surface area contributed by atoms with Gasteiger partial charge < -0.3 is 10.1 Å². The molecule has 1 atom stereocenters. The Hall–Kier alpha value is -1.09. The number of anilines is 1. The van der Waals surface area contributed by atoms with Crippen LogP contribution in [-0.2, 0) is 0 Å². The van der Waals surface area contributed by atoms with Crippen molar-refractivity contribution in [3.05, 3.63) is 24.3 Å². The molecule has 0 radical (unpaired) electrons. The van der Waals surface area contributed by atoms with Crippen LogP contribution in [0.1, 0.15) is 13.3 Å². The highest BCUT2D eigenvalue weighted by Crippen LogP contribution is 2.28. The van der Waals surface area contributed by atoms with Crippen LogP contribution in [0.5, 0.6) is 5.75 Å². The number of fused-ring (bicyclic) bond motifs is 1. The minimum Gasteiger partial charge on any atom is -0.488 e. The normalized spacial score (nSPS) is 21.0. The van der Waals surface area contributed by atoms with Gasteiger partial charge in [-0.15, -0.1) is 0 Å². The number of rotatable bonds is 0. The van der Waals surface area contributed by atoms with E-state index in [0.717, 1.165) is 22.8 Å². The third-order valence-electron chi connectivity index (χ3n) is 1.96. The Morgan fingerprint density at radius 2 is 2.23 bits per heavy atom. The summed E-state index contributed by atoms with van der Waals surface area (Å²) in [4.78, 5) is 0.845. The average molecular weight is 193 g/mol. The fraction of sp³-hybridized carbons (Fsp3) is 0.300. The first kappa shape index (κ1) is 8.51. The number of nitrogens with one attached hydrogen (secondary N) is 1. The number of para-hydroxylation sites is 2. The lowest BCUT2D eigenvalue weighted by Crippen LogP contribution is -2.15. The van der Waals surface area contributed by atoms with Crippen molar-refractivity contribution in [1.82, 2.24) is 0 Å². The minimum atomic E-state index is 0.156. The molecule has 0 fully saturated rings. The van der Waals surface area contributed by atoms with Gasteiger partial charge in [-0.2, -0.15) is 0 Å². The second-order valence-electron chi connectivity index (χ2n) is 3.18. The second-order valence-corrected chi connectivity index (χ2v) is 3.67. The van der Waals surface area contributed by atoms with Crippen molar-refractivity contribution in [1.29, 1.82) is 0 Å². The van der Waals surface area contributed by atoms with E-state index < -0.39 is 0 Å². The van der Waals surface area contributed by atoms with Crippen LogP contribution in [-0.4, -0.2) is 11.1 Å². The zero-order valence-electron chi connectivity index (χ0n) is 7.41. The Balaban J connectivity index is 2.38. The first-order chi connectivity index (χ1) is 6.25. The van der Waals surface area contributed by atoms with E-state index >= 15 is 0 Å². The summed E-state index contributed by atoms with van der Waals surface area (Å²) < 4.78 is 5.68. The topological polar surface area (TPSA) is 21.3 Å². The summed E-state index contributed by atoms with van der Waals surface area (Å²) in [6.07, 6.45) is 0.938. The van der Waals surface area contributed by atoms with Crippen LogP contribution in [0.2, 0.25) is 0 Å². The fourth-order valence-corrected chi connectivity index (χ4v) is 1.74. The molecule has 1 aliphatic heterocycles. The number of thiocarbonyl (C=S) groups is 1. The Labute approximate surface area is 82.9 Å². The molecule has 0 saturated heterocycles. The van der Waals surface area contributed by atoms with Crippen molar-refractivity contribution in [3.8, 4) is 5.75 Å². The van der Waals surface area contributed by atoms with E-state index in [1.165, 1.54) is 0 Å². The summed E-state index contributed by atoms with van der Waals surface area (Å²) in [5, 5.41) is 3.16. The lowest BCUT2D eigenvalue weighted by atomic mass is 10.3. The van der Waals surface area contributed by atoms with Crippen LogP contribution >= 0.6 is 12.2 Å². The van der Waals surface area contributed by atoms with Crippen LogP contribution in [0.4, 0.5) is 5.69 Å². The smallest absolute Gasteiger partial charge is 0.143 e. The van der Waals surface area contributed by atoms with Crippen LogP contribution in [0.25, 0.3) is 0 Å². The quantitative estimate of drug-likeness (QED) is 0.640. The molecule has 1 aromatic carbocycles. The monoisotopic (exact) mass is 193 g/mol. The van der Waals surface area contributed by atoms with Gasteiger partial charge in [-0.05, 0) is 19.1 Å². The van der Waals surface area contributed by atoms with Crippen molar-refractivity contribution < 1.29 is 4.74 Å². The lowest BCUT2D eigenvalue weighted by Gasteiger charge is -2.10. The third-order valence-corrected chi connectivity index (χ3v) is 2.23. The molecule has 0 aromatic heterocycles. The molecule has 3 heteroatoms. The molecule has 0 bridgehead atoms. The Bertz CT molecular complexity index is 337. The Morgan fingerprint density at radius 1 is 1.46 bits per heavy atom. The molecule has 68 valence electrons. The molecule has 2 rings (SSSR count). The summed E-state index contributed by atoms with van der Waals surface area (Å²) >= 11 is 5.15. The lowest BCUT2D eigenvalue weighted by molar-refractivity contribution is 0.234. The third kappa shape index (κ3) is 1.80. The molecule has 1 N–H and O–H groups in total. The molecule has 13 heavy (non-hydrogen) atoms. The summed E-state index contributed by atoms with van der Waals surface area (Å²) in [7, 11) is 0. The van der Waals surface area contributed by atoms with Gasteiger partial charge in [0, 0.05) is 6.42 Å². The highest BCUT2D eigenvalue weighted by atomic mass is 32.1. The number of benzene rings is 1. The Kier molecular flexibility index (Phi) is 2.19. The molecule has 0 aliphatic carbocycles. The zero-order valence-corrected chi connectivity index (χ0v) is 8.23. The molecular formula is C10H11NOS. The van der Waals surface area contributed by atoms with Crippen LogP contribution in [0, 0.1) is 0 Å². The maximum atomic E-state index is 5.68. The molecule has 2 nitrogen and oxygen atoms in total.